The van der Waals surface area contributed by atoms with Gasteiger partial charge in [0.25, 0.3) is 0 Å². The Kier molecular flexibility index (Phi) is 3.53. The second-order valence-corrected chi connectivity index (χ2v) is 6.37. The topological polar surface area (TPSA) is 74.6 Å². The van der Waals surface area contributed by atoms with Crippen molar-refractivity contribution in [2.45, 2.75) is 18.9 Å². The molecule has 2 aliphatic rings. The minimum absolute atomic E-state index is 0.137. The lowest BCUT2D eigenvalue weighted by Gasteiger charge is -2.30. The van der Waals surface area contributed by atoms with E-state index in [2.05, 4.69) is 5.32 Å². The van der Waals surface area contributed by atoms with E-state index in [4.69, 9.17) is 0 Å². The third-order valence-electron chi connectivity index (χ3n) is 4.73. The first-order valence-electron chi connectivity index (χ1n) is 8.13. The summed E-state index contributed by atoms with van der Waals surface area (Å²) in [6.45, 7) is 2.96. The Hall–Kier alpha value is -2.41. The summed E-state index contributed by atoms with van der Waals surface area (Å²) in [5.74, 6) is -1.76. The monoisotopic (exact) mass is 335 g/mol. The average Bonchev–Trinajstić information content (AvgIpc) is 3.40. The van der Waals surface area contributed by atoms with Crippen LogP contribution in [-0.2, 0) is 0 Å². The van der Waals surface area contributed by atoms with E-state index in [1.165, 1.54) is 12.3 Å². The van der Waals surface area contributed by atoms with Crippen molar-refractivity contribution in [1.29, 1.82) is 0 Å². The minimum atomic E-state index is -1.28. The summed E-state index contributed by atoms with van der Waals surface area (Å²) in [7, 11) is 0. The van der Waals surface area contributed by atoms with Crippen LogP contribution in [0.4, 0.5) is 10.1 Å². The Morgan fingerprint density at radius 2 is 1.96 bits per heavy atom. The zero-order valence-corrected chi connectivity index (χ0v) is 13.1. The van der Waals surface area contributed by atoms with Crippen molar-refractivity contribution in [2.24, 2.45) is 0 Å². The van der Waals surface area contributed by atoms with Gasteiger partial charge in [0.2, 0.25) is 5.43 Å². The predicted octanol–water partition coefficient (Wildman–Crippen LogP) is 1.58. The minimum Gasteiger partial charge on any atom is -0.477 e. The lowest BCUT2D eigenvalue weighted by Crippen LogP contribution is -2.43. The highest BCUT2D eigenvalue weighted by Gasteiger charge is 2.28. The van der Waals surface area contributed by atoms with Crippen molar-refractivity contribution >= 4 is 22.6 Å². The van der Waals surface area contributed by atoms with Crippen LogP contribution in [0.1, 0.15) is 29.2 Å². The molecule has 1 saturated carbocycles. The zero-order chi connectivity index (χ0) is 16.8. The molecule has 1 aromatic heterocycles. The van der Waals surface area contributed by atoms with Gasteiger partial charge in [0.05, 0.1) is 11.2 Å². The van der Waals surface area contributed by atoms with Crippen molar-refractivity contribution in [2.75, 3.05) is 31.1 Å². The molecule has 7 heteroatoms. The summed E-state index contributed by atoms with van der Waals surface area (Å²) in [6, 6.07) is 3.08. The van der Waals surface area contributed by atoms with Gasteiger partial charge in [-0.2, -0.15) is 0 Å². The number of anilines is 1. The van der Waals surface area contributed by atoms with Crippen LogP contribution in [0.2, 0.25) is 0 Å². The normalized spacial score (nSPS) is 18.1. The number of carboxylic acids is 1. The molecule has 2 fully saturated rings. The van der Waals surface area contributed by atoms with Crippen LogP contribution >= 0.6 is 0 Å². The number of rotatable bonds is 3. The molecular weight excluding hydrogens is 317 g/mol. The fraction of sp³-hybridized carbons (Fsp3) is 0.412. The van der Waals surface area contributed by atoms with Crippen molar-refractivity contribution in [3.8, 4) is 0 Å². The van der Waals surface area contributed by atoms with Gasteiger partial charge in [-0.3, -0.25) is 4.79 Å². The Labute approximate surface area is 137 Å². The average molecular weight is 335 g/mol. The number of pyridine rings is 1. The summed E-state index contributed by atoms with van der Waals surface area (Å²) in [6.07, 6.45) is 3.29. The first-order valence-corrected chi connectivity index (χ1v) is 8.13. The van der Waals surface area contributed by atoms with Gasteiger partial charge in [-0.15, -0.1) is 0 Å². The molecule has 24 heavy (non-hydrogen) atoms. The van der Waals surface area contributed by atoms with E-state index in [0.29, 0.717) is 24.3 Å². The van der Waals surface area contributed by atoms with E-state index in [0.717, 1.165) is 25.9 Å². The fourth-order valence-corrected chi connectivity index (χ4v) is 3.31. The molecule has 0 radical (unpaired) electrons. The van der Waals surface area contributed by atoms with Gasteiger partial charge >= 0.3 is 5.97 Å². The van der Waals surface area contributed by atoms with E-state index in [1.807, 2.05) is 9.47 Å². The van der Waals surface area contributed by atoms with Crippen LogP contribution in [0.3, 0.4) is 0 Å². The second kappa shape index (κ2) is 5.59. The van der Waals surface area contributed by atoms with Gasteiger partial charge in [-0.05, 0) is 25.0 Å². The Morgan fingerprint density at radius 3 is 2.58 bits per heavy atom. The number of aromatic carboxylic acids is 1. The number of hydrogen-bond acceptors (Lipinski definition) is 4. The van der Waals surface area contributed by atoms with Crippen molar-refractivity contribution in [1.82, 2.24) is 9.88 Å². The fourth-order valence-electron chi connectivity index (χ4n) is 3.31. The number of benzene rings is 1. The van der Waals surface area contributed by atoms with Crippen molar-refractivity contribution in [3.63, 3.8) is 0 Å². The molecule has 0 unspecified atom stereocenters. The van der Waals surface area contributed by atoms with Gasteiger partial charge in [-0.1, -0.05) is 0 Å². The molecule has 1 aliphatic heterocycles. The standard InChI is InChI=1S/C17H18FN3O3/c18-13-7-11-14(8-15(13)20-5-3-19-4-6-20)21(10-1-2-10)9-12(16(11)22)17(23)24/h7-10,19H,1-6H2,(H,23,24)/i9+1,12+1,17+1,21+1. The molecule has 126 valence electrons. The van der Waals surface area contributed by atoms with Gasteiger partial charge in [0, 0.05) is 43.8 Å². The lowest BCUT2D eigenvalue weighted by atomic mass is 10.2. The highest BCUT2D eigenvalue weighted by atomic mass is 19.1. The first-order chi connectivity index (χ1) is 11.6. The quantitative estimate of drug-likeness (QED) is 0.833. The van der Waals surface area contributed by atoms with Crippen LogP contribution in [0.25, 0.3) is 10.9 Å². The Bertz CT molecular complexity index is 883. The number of nitrogens with one attached hydrogen (secondary N) is 1. The predicted molar refractivity (Wildman–Crippen MR) is 88.5 cm³/mol. The smallest absolute Gasteiger partial charge is 0.341 e. The van der Waals surface area contributed by atoms with Crippen LogP contribution in [0.15, 0.2) is 23.1 Å². The molecule has 1 saturated heterocycles. The molecule has 4 rings (SSSR count). The molecule has 2 aromatic rings. The molecule has 0 amide bonds. The zero-order valence-electron chi connectivity index (χ0n) is 13.1. The summed E-state index contributed by atoms with van der Waals surface area (Å²) >= 11 is 0. The molecule has 1 aromatic carbocycles. The Morgan fingerprint density at radius 1 is 1.25 bits per heavy atom. The summed E-state index contributed by atoms with van der Waals surface area (Å²) in [5, 5.41) is 12.6. The number of hydrogen-bond donors (Lipinski definition) is 2. The maximum absolute atomic E-state index is 14.6. The largest absolute Gasteiger partial charge is 0.477 e. The SMILES string of the molecule is O=c1c2cc(F)c(N3CCNCC3)cc2[15n](C2CC2)[13cH][13c]1[13C](=O)O. The summed E-state index contributed by atoms with van der Waals surface area (Å²) < 4.78 is 16.4. The van der Waals surface area contributed by atoms with Crippen LogP contribution in [0, 0.1) is 5.82 Å². The van der Waals surface area contributed by atoms with Crippen LogP contribution in [-0.4, -0.2) is 41.8 Å². The molecule has 2 heterocycles. The number of piperazine rings is 1. The van der Waals surface area contributed by atoms with E-state index in [9.17, 15) is 19.1 Å². The van der Waals surface area contributed by atoms with Gasteiger partial charge in [0.1, 0.15) is 11.4 Å². The first kappa shape index (κ1) is 15.1. The third-order valence-corrected chi connectivity index (χ3v) is 4.73. The number of fused-ring (bicyclic) bond motifs is 1. The molecule has 0 bridgehead atoms. The van der Waals surface area contributed by atoms with Crippen molar-refractivity contribution < 1.29 is 14.3 Å². The molecule has 0 atom stereocenters. The summed E-state index contributed by atoms with van der Waals surface area (Å²) in [5.41, 5.74) is 0.159. The Balaban J connectivity index is 1.95. The van der Waals surface area contributed by atoms with E-state index < -0.39 is 17.2 Å². The maximum atomic E-state index is 14.6. The number of nitrogens with zero attached hydrogens (tertiary/aromatic N) is 2. The number of carbonyl (C=O) groups is 1. The lowest BCUT2D eigenvalue weighted by molar-refractivity contribution is 0.0695. The molecule has 0 spiro atoms. The van der Waals surface area contributed by atoms with Gasteiger partial charge < -0.3 is 19.9 Å². The molecule has 6 nitrogen and oxygen atoms in total. The number of carboxylic acid groups (broad SMARTS) is 1. The maximum Gasteiger partial charge on any atom is 0.341 e. The summed E-state index contributed by atoms with van der Waals surface area (Å²) in [4.78, 5) is 25.7. The van der Waals surface area contributed by atoms with Crippen LogP contribution in [0.5, 0.6) is 0 Å². The van der Waals surface area contributed by atoms with E-state index >= 15 is 0 Å². The van der Waals surface area contributed by atoms with E-state index in [1.54, 1.807) is 6.07 Å². The van der Waals surface area contributed by atoms with Gasteiger partial charge in [0.15, 0.2) is 0 Å². The molecular formula is C17H18FN3O3. The third kappa shape index (κ3) is 2.45. The highest BCUT2D eigenvalue weighted by molar-refractivity contribution is 5.93. The van der Waals surface area contributed by atoms with E-state index in [-0.39, 0.29) is 17.0 Å². The molecule has 2 N–H and O–H groups in total. The number of halogens is 1. The second-order valence-electron chi connectivity index (χ2n) is 6.37. The van der Waals surface area contributed by atoms with Crippen molar-refractivity contribution in [3.05, 3.63) is 39.9 Å². The highest BCUT2D eigenvalue weighted by Crippen LogP contribution is 2.38. The molecule has 1 aliphatic carbocycles. The van der Waals surface area contributed by atoms with Gasteiger partial charge in [-0.25, -0.2) is 9.18 Å². The van der Waals surface area contributed by atoms with Crippen LogP contribution < -0.4 is 15.6 Å². The number of aromatic nitrogens is 1.